The number of carbonyl (C=O) groups excluding carboxylic acids is 7. The van der Waals surface area contributed by atoms with Crippen LogP contribution in [0.15, 0.2) is 73.1 Å². The number of imide groups is 3. The van der Waals surface area contributed by atoms with Gasteiger partial charge in [-0.15, -0.1) is 0 Å². The molecular formula is C41H38ClN7O7. The Kier molecular flexibility index (Phi) is 9.75. The van der Waals surface area contributed by atoms with Crippen LogP contribution in [0.4, 0.5) is 16.2 Å². The minimum atomic E-state index is -1.01. The zero-order chi connectivity index (χ0) is 39.1. The molecule has 286 valence electrons. The number of nitrogens with zero attached hydrogens (tertiary/aromatic N) is 3. The highest BCUT2D eigenvalue weighted by atomic mass is 35.5. The number of pyridine rings is 1. The Hall–Kier alpha value is -6.15. The summed E-state index contributed by atoms with van der Waals surface area (Å²) in [5, 5.41) is 13.2. The second-order valence-corrected chi connectivity index (χ2v) is 15.1. The number of fused-ring (bicyclic) bond motifs is 2. The fourth-order valence-corrected chi connectivity index (χ4v) is 8.41. The Morgan fingerprint density at radius 1 is 0.875 bits per heavy atom. The Balaban J connectivity index is 0.787. The van der Waals surface area contributed by atoms with Gasteiger partial charge in [-0.1, -0.05) is 48.7 Å². The van der Waals surface area contributed by atoms with Crippen molar-refractivity contribution in [2.45, 2.75) is 68.9 Å². The Morgan fingerprint density at radius 2 is 1.64 bits per heavy atom. The molecule has 56 heavy (non-hydrogen) atoms. The summed E-state index contributed by atoms with van der Waals surface area (Å²) in [5.74, 6) is -2.65. The summed E-state index contributed by atoms with van der Waals surface area (Å²) in [6, 6.07) is 16.0. The van der Waals surface area contributed by atoms with E-state index in [-0.39, 0.29) is 41.7 Å². The average molecular weight is 776 g/mol. The van der Waals surface area contributed by atoms with Gasteiger partial charge in [0.2, 0.25) is 11.8 Å². The highest BCUT2D eigenvalue weighted by Gasteiger charge is 2.59. The van der Waals surface area contributed by atoms with Gasteiger partial charge in [0.1, 0.15) is 11.6 Å². The number of piperidine rings is 1. The van der Waals surface area contributed by atoms with Gasteiger partial charge >= 0.3 is 6.03 Å². The van der Waals surface area contributed by atoms with Crippen LogP contribution in [0.5, 0.6) is 0 Å². The van der Waals surface area contributed by atoms with Gasteiger partial charge in [-0.05, 0) is 80.0 Å². The van der Waals surface area contributed by atoms with Crippen molar-refractivity contribution in [3.63, 3.8) is 0 Å². The molecular weight excluding hydrogens is 738 g/mol. The van der Waals surface area contributed by atoms with Gasteiger partial charge in [0.05, 0.1) is 23.0 Å². The molecule has 1 spiro atoms. The second kappa shape index (κ2) is 14.8. The average Bonchev–Trinajstić information content (AvgIpc) is 3.58. The highest BCUT2D eigenvalue weighted by Crippen LogP contribution is 2.50. The molecule has 4 heterocycles. The maximum absolute atomic E-state index is 13.7. The van der Waals surface area contributed by atoms with Crippen molar-refractivity contribution in [2.75, 3.05) is 23.3 Å². The van der Waals surface area contributed by atoms with Crippen LogP contribution in [0.1, 0.15) is 93.9 Å². The number of halogens is 1. The summed E-state index contributed by atoms with van der Waals surface area (Å²) in [6.45, 7) is 1.11. The van der Waals surface area contributed by atoms with Gasteiger partial charge in [-0.3, -0.25) is 44.0 Å². The first-order valence-corrected chi connectivity index (χ1v) is 19.1. The summed E-state index contributed by atoms with van der Waals surface area (Å²) in [4.78, 5) is 96.1. The van der Waals surface area contributed by atoms with E-state index >= 15 is 0 Å². The van der Waals surface area contributed by atoms with E-state index in [0.29, 0.717) is 58.7 Å². The van der Waals surface area contributed by atoms with Gasteiger partial charge in [0.15, 0.2) is 0 Å². The van der Waals surface area contributed by atoms with E-state index < -0.39 is 41.2 Å². The molecule has 4 aliphatic rings. The lowest BCUT2D eigenvalue weighted by Gasteiger charge is -2.43. The lowest BCUT2D eigenvalue weighted by molar-refractivity contribution is -0.136. The third-order valence-corrected chi connectivity index (χ3v) is 11.4. The summed E-state index contributed by atoms with van der Waals surface area (Å²) >= 11 is 6.39. The molecule has 3 aromatic carbocycles. The number of anilines is 2. The van der Waals surface area contributed by atoms with E-state index in [2.05, 4.69) is 26.3 Å². The predicted octanol–water partition coefficient (Wildman–Crippen LogP) is 5.06. The number of benzene rings is 3. The van der Waals surface area contributed by atoms with Crippen LogP contribution in [0.2, 0.25) is 5.02 Å². The van der Waals surface area contributed by atoms with Gasteiger partial charge in [-0.25, -0.2) is 9.69 Å². The zero-order valence-electron chi connectivity index (χ0n) is 30.2. The summed E-state index contributed by atoms with van der Waals surface area (Å²) < 4.78 is 0. The second-order valence-electron chi connectivity index (χ2n) is 14.7. The van der Waals surface area contributed by atoms with Crippen molar-refractivity contribution in [1.29, 1.82) is 0 Å². The highest BCUT2D eigenvalue weighted by molar-refractivity contribution is 6.31. The first-order chi connectivity index (χ1) is 27.0. The molecule has 14 nitrogen and oxygen atoms in total. The van der Waals surface area contributed by atoms with Crippen molar-refractivity contribution in [2.24, 2.45) is 0 Å². The molecule has 0 bridgehead atoms. The van der Waals surface area contributed by atoms with Crippen molar-refractivity contribution in [3.8, 4) is 0 Å². The molecule has 4 N–H and O–H groups in total. The van der Waals surface area contributed by atoms with Crippen LogP contribution in [0.25, 0.3) is 10.8 Å². The third-order valence-electron chi connectivity index (χ3n) is 11.1. The lowest BCUT2D eigenvalue weighted by atomic mass is 9.65. The minimum Gasteiger partial charge on any atom is -0.385 e. The van der Waals surface area contributed by atoms with E-state index in [1.54, 1.807) is 42.6 Å². The van der Waals surface area contributed by atoms with Crippen molar-refractivity contribution >= 4 is 75.2 Å². The van der Waals surface area contributed by atoms with E-state index in [1.807, 2.05) is 24.3 Å². The number of hydrogen-bond acceptors (Lipinski definition) is 9. The normalized spacial score (nSPS) is 21.7. The van der Waals surface area contributed by atoms with Crippen LogP contribution in [-0.4, -0.2) is 76.0 Å². The number of hydrogen-bond donors (Lipinski definition) is 4. The van der Waals surface area contributed by atoms with Gasteiger partial charge in [0.25, 0.3) is 23.6 Å². The van der Waals surface area contributed by atoms with E-state index in [0.717, 1.165) is 41.0 Å². The Labute approximate surface area is 326 Å². The van der Waals surface area contributed by atoms with E-state index in [4.69, 9.17) is 11.6 Å². The van der Waals surface area contributed by atoms with Gasteiger partial charge < -0.3 is 16.0 Å². The molecule has 3 aliphatic heterocycles. The largest absolute Gasteiger partial charge is 0.385 e. The number of rotatable bonds is 12. The third kappa shape index (κ3) is 6.63. The maximum atomic E-state index is 13.7. The first kappa shape index (κ1) is 36.8. The number of unbranched alkanes of at least 4 members (excludes halogenated alkanes) is 3. The molecule has 4 aromatic rings. The summed E-state index contributed by atoms with van der Waals surface area (Å²) in [5.41, 5.74) is 1.91. The lowest BCUT2D eigenvalue weighted by Crippen LogP contribution is -2.56. The number of urea groups is 1. The van der Waals surface area contributed by atoms with E-state index in [9.17, 15) is 33.6 Å². The van der Waals surface area contributed by atoms with Crippen LogP contribution >= 0.6 is 11.6 Å². The molecule has 3 fully saturated rings. The molecule has 15 heteroatoms. The fourth-order valence-electron chi connectivity index (χ4n) is 8.12. The molecule has 2 saturated heterocycles. The van der Waals surface area contributed by atoms with Crippen LogP contribution in [0, 0.1) is 0 Å². The molecule has 8 amide bonds. The fraction of sp³-hybridized carbons (Fsp3) is 0.317. The molecule has 1 unspecified atom stereocenters. The van der Waals surface area contributed by atoms with Crippen LogP contribution in [-0.2, 0) is 14.4 Å². The molecule has 1 atom stereocenters. The molecule has 1 aromatic heterocycles. The standard InChI is InChI=1S/C41H38ClN7O7/c42-31-8-4-3-7-27(31)25-19-41(20-25)39(55)49(40(56)47-41)33-22-43-21-24-17-23(9-11-28(24)33)35(51)45-16-6-2-1-5-15-44-26-10-12-29-30(18-26)38(54)48(37(29)53)32-13-14-34(50)46-36(32)52/h3-4,7-12,17-18,21-22,25,32,44H,1-2,5-6,13-16,19-20H2,(H,45,51)(H,47,56)(H,46,50,52). The number of carbonyl (C=O) groups is 7. The van der Waals surface area contributed by atoms with Gasteiger partial charge in [-0.2, -0.15) is 0 Å². The molecule has 0 radical (unpaired) electrons. The number of nitrogens with one attached hydrogen (secondary N) is 4. The predicted molar refractivity (Wildman–Crippen MR) is 206 cm³/mol. The molecule has 1 aliphatic carbocycles. The van der Waals surface area contributed by atoms with Crippen molar-refractivity contribution in [3.05, 3.63) is 100 Å². The quantitative estimate of drug-likeness (QED) is 0.0867. The molecule has 1 saturated carbocycles. The zero-order valence-corrected chi connectivity index (χ0v) is 31.0. The molecule has 8 rings (SSSR count). The van der Waals surface area contributed by atoms with Crippen LogP contribution in [0.3, 0.4) is 0 Å². The monoisotopic (exact) mass is 775 g/mol. The van der Waals surface area contributed by atoms with Crippen LogP contribution < -0.4 is 26.2 Å². The first-order valence-electron chi connectivity index (χ1n) is 18.7. The Bertz CT molecular complexity index is 2340. The summed E-state index contributed by atoms with van der Waals surface area (Å²) in [7, 11) is 0. The van der Waals surface area contributed by atoms with Crippen molar-refractivity contribution in [1.82, 2.24) is 25.8 Å². The number of amides is 8. The smallest absolute Gasteiger partial charge is 0.329 e. The van der Waals surface area contributed by atoms with Crippen molar-refractivity contribution < 1.29 is 33.6 Å². The van der Waals surface area contributed by atoms with E-state index in [1.165, 1.54) is 6.20 Å². The topological polar surface area (TPSA) is 187 Å². The maximum Gasteiger partial charge on any atom is 0.329 e. The SMILES string of the molecule is O=C1CCC(N2C(=O)c3ccc(NCCCCCCNC(=O)c4ccc5c(N6C(=O)NC7(CC(c8ccccc8Cl)C7)C6=O)cncc5c4)cc3C2=O)C(=O)N1. The minimum absolute atomic E-state index is 0.0609. The van der Waals surface area contributed by atoms with Gasteiger partial charge in [0, 0.05) is 52.8 Å². The summed E-state index contributed by atoms with van der Waals surface area (Å²) in [6.07, 6.45) is 7.54. The number of aromatic nitrogens is 1. The Morgan fingerprint density at radius 3 is 2.43 bits per heavy atom.